The lowest BCUT2D eigenvalue weighted by atomic mass is 10.2. The van der Waals surface area contributed by atoms with Crippen molar-refractivity contribution in [3.05, 3.63) is 60.2 Å². The Balaban J connectivity index is 2.10. The molecule has 0 aromatic heterocycles. The summed E-state index contributed by atoms with van der Waals surface area (Å²) >= 11 is 0. The molecule has 0 bridgehead atoms. The molecule has 2 aromatic carbocycles. The van der Waals surface area contributed by atoms with Gasteiger partial charge >= 0.3 is 6.03 Å². The van der Waals surface area contributed by atoms with Gasteiger partial charge in [-0.05, 0) is 29.8 Å². The summed E-state index contributed by atoms with van der Waals surface area (Å²) in [6, 6.07) is 16.8. The molecule has 0 saturated heterocycles. The van der Waals surface area contributed by atoms with Crippen LogP contribution < -0.4 is 16.0 Å². The van der Waals surface area contributed by atoms with E-state index in [0.29, 0.717) is 6.54 Å². The summed E-state index contributed by atoms with van der Waals surface area (Å²) in [5, 5.41) is 2.83. The molecule has 2 amide bonds. The van der Waals surface area contributed by atoms with Crippen LogP contribution in [0, 0.1) is 0 Å². The van der Waals surface area contributed by atoms with E-state index in [9.17, 15) is 4.79 Å². The van der Waals surface area contributed by atoms with Gasteiger partial charge in [0.1, 0.15) is 0 Å². The number of para-hydroxylation sites is 1. The van der Waals surface area contributed by atoms with Crippen molar-refractivity contribution in [1.29, 1.82) is 0 Å². The molecule has 0 aliphatic rings. The van der Waals surface area contributed by atoms with Gasteiger partial charge in [0.15, 0.2) is 0 Å². The van der Waals surface area contributed by atoms with Gasteiger partial charge in [-0.25, -0.2) is 4.79 Å². The highest BCUT2D eigenvalue weighted by Gasteiger charge is 2.10. The number of nitrogens with one attached hydrogen (secondary N) is 1. The Labute approximate surface area is 112 Å². The standard InChI is InChI=1S/C15H17N3O/c1-18(14-9-5-6-12(10-14)11-16)15(19)17-13-7-3-2-4-8-13/h2-10H,11,16H2,1H3,(H,17,19). The first kappa shape index (κ1) is 13.1. The fourth-order valence-corrected chi connectivity index (χ4v) is 1.74. The summed E-state index contributed by atoms with van der Waals surface area (Å²) in [4.78, 5) is 13.7. The maximum atomic E-state index is 12.1. The van der Waals surface area contributed by atoms with Gasteiger partial charge in [0.05, 0.1) is 0 Å². The van der Waals surface area contributed by atoms with Crippen molar-refractivity contribution in [2.75, 3.05) is 17.3 Å². The largest absolute Gasteiger partial charge is 0.326 e. The second kappa shape index (κ2) is 6.02. The van der Waals surface area contributed by atoms with Crippen LogP contribution in [0.5, 0.6) is 0 Å². The van der Waals surface area contributed by atoms with Crippen molar-refractivity contribution in [2.24, 2.45) is 5.73 Å². The second-order valence-electron chi connectivity index (χ2n) is 4.23. The van der Waals surface area contributed by atoms with Crippen LogP contribution in [-0.2, 0) is 6.54 Å². The summed E-state index contributed by atoms with van der Waals surface area (Å²) in [7, 11) is 1.73. The number of nitrogens with zero attached hydrogens (tertiary/aromatic N) is 1. The first-order valence-corrected chi connectivity index (χ1v) is 6.09. The Kier molecular flexibility index (Phi) is 4.15. The lowest BCUT2D eigenvalue weighted by Gasteiger charge is -2.18. The van der Waals surface area contributed by atoms with Gasteiger partial charge in [-0.3, -0.25) is 4.90 Å². The quantitative estimate of drug-likeness (QED) is 0.886. The summed E-state index contributed by atoms with van der Waals surface area (Å²) in [5.41, 5.74) is 8.19. The van der Waals surface area contributed by atoms with Crippen LogP contribution in [0.15, 0.2) is 54.6 Å². The van der Waals surface area contributed by atoms with Crippen molar-refractivity contribution in [3.8, 4) is 0 Å². The fourth-order valence-electron chi connectivity index (χ4n) is 1.74. The van der Waals surface area contributed by atoms with Gasteiger partial charge < -0.3 is 11.1 Å². The van der Waals surface area contributed by atoms with Crippen LogP contribution in [0.25, 0.3) is 0 Å². The number of carbonyl (C=O) groups is 1. The van der Waals surface area contributed by atoms with Gasteiger partial charge in [0.25, 0.3) is 0 Å². The SMILES string of the molecule is CN(C(=O)Nc1ccccc1)c1cccc(CN)c1. The zero-order valence-electron chi connectivity index (χ0n) is 10.8. The van der Waals surface area contributed by atoms with Gasteiger partial charge in [-0.1, -0.05) is 30.3 Å². The van der Waals surface area contributed by atoms with Crippen molar-refractivity contribution < 1.29 is 4.79 Å². The molecule has 3 N–H and O–H groups in total. The van der Waals surface area contributed by atoms with Crippen molar-refractivity contribution >= 4 is 17.4 Å². The van der Waals surface area contributed by atoms with E-state index in [1.807, 2.05) is 54.6 Å². The first-order valence-electron chi connectivity index (χ1n) is 6.09. The monoisotopic (exact) mass is 255 g/mol. The average Bonchev–Trinajstić information content (AvgIpc) is 2.47. The smallest absolute Gasteiger partial charge is 0.326 e. The number of benzene rings is 2. The third-order valence-electron chi connectivity index (χ3n) is 2.86. The number of anilines is 2. The van der Waals surface area contributed by atoms with Crippen molar-refractivity contribution in [2.45, 2.75) is 6.54 Å². The van der Waals surface area contributed by atoms with Gasteiger partial charge in [0.2, 0.25) is 0 Å². The Morgan fingerprint density at radius 1 is 1.16 bits per heavy atom. The van der Waals surface area contributed by atoms with E-state index in [1.54, 1.807) is 11.9 Å². The van der Waals surface area contributed by atoms with Crippen LogP contribution >= 0.6 is 0 Å². The number of carbonyl (C=O) groups excluding carboxylic acids is 1. The summed E-state index contributed by atoms with van der Waals surface area (Å²) in [6.45, 7) is 0.460. The minimum Gasteiger partial charge on any atom is -0.326 e. The number of hydrogen-bond donors (Lipinski definition) is 2. The van der Waals surface area contributed by atoms with E-state index >= 15 is 0 Å². The minimum absolute atomic E-state index is 0.180. The molecule has 0 atom stereocenters. The van der Waals surface area contributed by atoms with E-state index in [4.69, 9.17) is 5.73 Å². The lowest BCUT2D eigenvalue weighted by molar-refractivity contribution is 0.258. The fraction of sp³-hybridized carbons (Fsp3) is 0.133. The highest BCUT2D eigenvalue weighted by atomic mass is 16.2. The van der Waals surface area contributed by atoms with E-state index in [0.717, 1.165) is 16.9 Å². The molecule has 19 heavy (non-hydrogen) atoms. The van der Waals surface area contributed by atoms with E-state index in [1.165, 1.54) is 0 Å². The van der Waals surface area contributed by atoms with Gasteiger partial charge in [0, 0.05) is 25.0 Å². The molecule has 2 aromatic rings. The second-order valence-corrected chi connectivity index (χ2v) is 4.23. The Hall–Kier alpha value is -2.33. The molecule has 0 aliphatic heterocycles. The number of rotatable bonds is 3. The molecule has 0 radical (unpaired) electrons. The molecule has 0 heterocycles. The topological polar surface area (TPSA) is 58.4 Å². The van der Waals surface area contributed by atoms with Crippen LogP contribution in [0.3, 0.4) is 0 Å². The molecular formula is C15H17N3O. The molecule has 0 aliphatic carbocycles. The molecule has 2 rings (SSSR count). The number of urea groups is 1. The highest BCUT2D eigenvalue weighted by Crippen LogP contribution is 2.16. The summed E-state index contributed by atoms with van der Waals surface area (Å²) in [6.07, 6.45) is 0. The number of hydrogen-bond acceptors (Lipinski definition) is 2. The van der Waals surface area contributed by atoms with Gasteiger partial charge in [-0.15, -0.1) is 0 Å². The predicted molar refractivity (Wildman–Crippen MR) is 78.2 cm³/mol. The molecule has 98 valence electrons. The Bertz CT molecular complexity index is 554. The number of nitrogens with two attached hydrogens (primary N) is 1. The normalized spacial score (nSPS) is 10.0. The Morgan fingerprint density at radius 3 is 2.58 bits per heavy atom. The molecule has 0 saturated carbocycles. The predicted octanol–water partition coefficient (Wildman–Crippen LogP) is 2.81. The third kappa shape index (κ3) is 3.33. The van der Waals surface area contributed by atoms with Crippen LogP contribution in [0.1, 0.15) is 5.56 Å². The zero-order chi connectivity index (χ0) is 13.7. The van der Waals surface area contributed by atoms with Crippen molar-refractivity contribution in [1.82, 2.24) is 0 Å². The third-order valence-corrected chi connectivity index (χ3v) is 2.86. The Morgan fingerprint density at radius 2 is 1.89 bits per heavy atom. The lowest BCUT2D eigenvalue weighted by Crippen LogP contribution is -2.31. The van der Waals surface area contributed by atoms with E-state index in [2.05, 4.69) is 5.32 Å². The highest BCUT2D eigenvalue weighted by molar-refractivity contribution is 6.01. The molecule has 4 nitrogen and oxygen atoms in total. The molecule has 0 fully saturated rings. The average molecular weight is 255 g/mol. The maximum Gasteiger partial charge on any atom is 0.326 e. The molecule has 4 heteroatoms. The van der Waals surface area contributed by atoms with Crippen LogP contribution in [0.2, 0.25) is 0 Å². The first-order chi connectivity index (χ1) is 9.20. The summed E-state index contributed by atoms with van der Waals surface area (Å²) in [5.74, 6) is 0. The zero-order valence-corrected chi connectivity index (χ0v) is 10.8. The maximum absolute atomic E-state index is 12.1. The van der Waals surface area contributed by atoms with E-state index < -0.39 is 0 Å². The number of amides is 2. The van der Waals surface area contributed by atoms with Crippen molar-refractivity contribution in [3.63, 3.8) is 0 Å². The van der Waals surface area contributed by atoms with Crippen LogP contribution in [0.4, 0.5) is 16.2 Å². The van der Waals surface area contributed by atoms with Crippen LogP contribution in [-0.4, -0.2) is 13.1 Å². The molecular weight excluding hydrogens is 238 g/mol. The minimum atomic E-state index is -0.180. The summed E-state index contributed by atoms with van der Waals surface area (Å²) < 4.78 is 0. The molecule has 0 spiro atoms. The molecule has 0 unspecified atom stereocenters. The van der Waals surface area contributed by atoms with E-state index in [-0.39, 0.29) is 6.03 Å². The van der Waals surface area contributed by atoms with Gasteiger partial charge in [-0.2, -0.15) is 0 Å².